The average molecular weight is 348 g/mol. The number of likely N-dealkylation sites (tertiary alicyclic amines) is 1. The van der Waals surface area contributed by atoms with Crippen LogP contribution in [0.5, 0.6) is 0 Å². The summed E-state index contributed by atoms with van der Waals surface area (Å²) in [6, 6.07) is 6.62. The zero-order chi connectivity index (χ0) is 18.8. The third kappa shape index (κ3) is 5.03. The summed E-state index contributed by atoms with van der Waals surface area (Å²) in [6.45, 7) is 7.89. The number of aryl methyl sites for hydroxylation is 1. The fraction of sp³-hybridized carbons (Fsp3) is 0.579. The molecule has 3 atom stereocenters. The van der Waals surface area contributed by atoms with Gasteiger partial charge in [-0.05, 0) is 46.1 Å². The molecule has 0 aromatic heterocycles. The molecule has 0 amide bonds. The van der Waals surface area contributed by atoms with Crippen molar-refractivity contribution in [2.24, 2.45) is 11.7 Å². The molecule has 0 spiro atoms. The van der Waals surface area contributed by atoms with Gasteiger partial charge in [0, 0.05) is 6.54 Å². The van der Waals surface area contributed by atoms with E-state index in [4.69, 9.17) is 10.5 Å². The monoisotopic (exact) mass is 348 g/mol. The van der Waals surface area contributed by atoms with Crippen LogP contribution in [0, 0.1) is 12.8 Å². The maximum absolute atomic E-state index is 12.3. The van der Waals surface area contributed by atoms with Gasteiger partial charge in [0.1, 0.15) is 11.6 Å². The molecule has 1 heterocycles. The number of carbonyl (C=O) groups excluding carboxylic acids is 1. The number of esters is 1. The summed E-state index contributed by atoms with van der Waals surface area (Å²) in [5.74, 6) is -1.49. The lowest BCUT2D eigenvalue weighted by atomic mass is 9.91. The minimum Gasteiger partial charge on any atom is -0.480 e. The maximum Gasteiger partial charge on any atom is 0.325 e. The van der Waals surface area contributed by atoms with E-state index in [1.807, 2.05) is 52.0 Å². The van der Waals surface area contributed by atoms with Gasteiger partial charge in [-0.3, -0.25) is 14.5 Å². The van der Waals surface area contributed by atoms with Crippen molar-refractivity contribution in [3.63, 3.8) is 0 Å². The Hall–Kier alpha value is -1.92. The Kier molecular flexibility index (Phi) is 5.85. The van der Waals surface area contributed by atoms with Crippen LogP contribution in [0.4, 0.5) is 0 Å². The quantitative estimate of drug-likeness (QED) is 0.812. The molecule has 0 aliphatic carbocycles. The van der Waals surface area contributed by atoms with Crippen LogP contribution in [0.1, 0.15) is 50.8 Å². The van der Waals surface area contributed by atoms with Crippen LogP contribution < -0.4 is 5.73 Å². The largest absolute Gasteiger partial charge is 0.480 e. The highest BCUT2D eigenvalue weighted by Crippen LogP contribution is 2.31. The Morgan fingerprint density at radius 2 is 1.88 bits per heavy atom. The van der Waals surface area contributed by atoms with Gasteiger partial charge < -0.3 is 15.6 Å². The number of carboxylic acid groups (broad SMARTS) is 1. The van der Waals surface area contributed by atoms with Gasteiger partial charge in [-0.2, -0.15) is 0 Å². The summed E-state index contributed by atoms with van der Waals surface area (Å²) < 4.78 is 5.44. The summed E-state index contributed by atoms with van der Waals surface area (Å²) >= 11 is 0. The summed E-state index contributed by atoms with van der Waals surface area (Å²) in [5, 5.41) is 9.71. The SMILES string of the molecule is Cc1ccc([C@H](C(=O)O)N2CC[C@@H](C(=O)OC(C)(C)C)C[C@H]2N)cc1. The second-order valence-electron chi connectivity index (χ2n) is 7.71. The van der Waals surface area contributed by atoms with Gasteiger partial charge in [0.05, 0.1) is 12.1 Å². The Morgan fingerprint density at radius 1 is 1.28 bits per heavy atom. The molecule has 0 unspecified atom stereocenters. The minimum atomic E-state index is -0.935. The van der Waals surface area contributed by atoms with Gasteiger partial charge in [-0.15, -0.1) is 0 Å². The predicted molar refractivity (Wildman–Crippen MR) is 94.8 cm³/mol. The summed E-state index contributed by atoms with van der Waals surface area (Å²) in [6.07, 6.45) is 0.427. The van der Waals surface area contributed by atoms with Gasteiger partial charge in [0.25, 0.3) is 0 Å². The van der Waals surface area contributed by atoms with Crippen molar-refractivity contribution in [3.05, 3.63) is 35.4 Å². The molecule has 1 aromatic carbocycles. The molecule has 0 saturated carbocycles. The molecule has 0 radical (unpaired) electrons. The Balaban J connectivity index is 2.11. The molecule has 3 N–H and O–H groups in total. The summed E-state index contributed by atoms with van der Waals surface area (Å²) in [4.78, 5) is 25.9. The third-order valence-electron chi connectivity index (χ3n) is 4.39. The number of hydrogen-bond donors (Lipinski definition) is 2. The molecular formula is C19H28N2O4. The molecule has 138 valence electrons. The van der Waals surface area contributed by atoms with Crippen molar-refractivity contribution in [1.82, 2.24) is 4.90 Å². The maximum atomic E-state index is 12.3. The van der Waals surface area contributed by atoms with E-state index >= 15 is 0 Å². The van der Waals surface area contributed by atoms with E-state index < -0.39 is 23.8 Å². The number of rotatable bonds is 4. The van der Waals surface area contributed by atoms with Crippen molar-refractivity contribution in [3.8, 4) is 0 Å². The molecule has 2 rings (SSSR count). The Labute approximate surface area is 149 Å². The first-order valence-electron chi connectivity index (χ1n) is 8.62. The van der Waals surface area contributed by atoms with Crippen LogP contribution in [0.25, 0.3) is 0 Å². The van der Waals surface area contributed by atoms with E-state index in [1.54, 1.807) is 4.90 Å². The molecule has 6 heteroatoms. The van der Waals surface area contributed by atoms with Crippen LogP contribution in [0.2, 0.25) is 0 Å². The molecule has 1 aromatic rings. The van der Waals surface area contributed by atoms with Crippen molar-refractivity contribution in [2.75, 3.05) is 6.54 Å². The normalized spacial score (nSPS) is 23.1. The first-order valence-corrected chi connectivity index (χ1v) is 8.62. The molecule has 0 bridgehead atoms. The van der Waals surface area contributed by atoms with Gasteiger partial charge in [0.15, 0.2) is 0 Å². The van der Waals surface area contributed by atoms with Crippen molar-refractivity contribution < 1.29 is 19.4 Å². The number of nitrogens with two attached hydrogens (primary N) is 1. The zero-order valence-electron chi connectivity index (χ0n) is 15.4. The third-order valence-corrected chi connectivity index (χ3v) is 4.39. The number of benzene rings is 1. The van der Waals surface area contributed by atoms with Crippen LogP contribution in [0.15, 0.2) is 24.3 Å². The second kappa shape index (κ2) is 7.54. The van der Waals surface area contributed by atoms with Crippen molar-refractivity contribution in [2.45, 2.75) is 58.3 Å². The molecule has 1 aliphatic heterocycles. The molecule has 1 aliphatic rings. The van der Waals surface area contributed by atoms with E-state index in [2.05, 4.69) is 0 Å². The van der Waals surface area contributed by atoms with Crippen LogP contribution in [-0.4, -0.2) is 40.3 Å². The number of piperidine rings is 1. The highest BCUT2D eigenvalue weighted by Gasteiger charge is 2.38. The van der Waals surface area contributed by atoms with Crippen molar-refractivity contribution >= 4 is 11.9 Å². The standard InChI is InChI=1S/C19H28N2O4/c1-12-5-7-13(8-6-12)16(17(22)23)21-10-9-14(11-15(21)20)18(24)25-19(2,3)4/h5-8,14-16H,9-11,20H2,1-4H3,(H,22,23)/t14-,15+,16-/m1/s1. The van der Waals surface area contributed by atoms with E-state index in [0.29, 0.717) is 24.9 Å². The van der Waals surface area contributed by atoms with E-state index in [9.17, 15) is 14.7 Å². The van der Waals surface area contributed by atoms with E-state index in [1.165, 1.54) is 0 Å². The molecule has 1 fully saturated rings. The van der Waals surface area contributed by atoms with Gasteiger partial charge in [-0.25, -0.2) is 0 Å². The average Bonchev–Trinajstić information content (AvgIpc) is 2.49. The molecule has 1 saturated heterocycles. The number of ether oxygens (including phenoxy) is 1. The summed E-state index contributed by atoms with van der Waals surface area (Å²) in [7, 11) is 0. The van der Waals surface area contributed by atoms with Crippen LogP contribution >= 0.6 is 0 Å². The van der Waals surface area contributed by atoms with E-state index in [-0.39, 0.29) is 11.9 Å². The Bertz CT molecular complexity index is 621. The van der Waals surface area contributed by atoms with Gasteiger partial charge in [-0.1, -0.05) is 29.8 Å². The molecular weight excluding hydrogens is 320 g/mol. The minimum absolute atomic E-state index is 0.259. The smallest absolute Gasteiger partial charge is 0.325 e. The predicted octanol–water partition coefficient (Wildman–Crippen LogP) is 2.46. The Morgan fingerprint density at radius 3 is 2.36 bits per heavy atom. The number of carboxylic acids is 1. The van der Waals surface area contributed by atoms with Crippen LogP contribution in [-0.2, 0) is 14.3 Å². The second-order valence-corrected chi connectivity index (χ2v) is 7.71. The highest BCUT2D eigenvalue weighted by atomic mass is 16.6. The first kappa shape index (κ1) is 19.4. The fourth-order valence-electron chi connectivity index (χ4n) is 3.16. The summed E-state index contributed by atoms with van der Waals surface area (Å²) in [5.41, 5.74) is 7.46. The lowest BCUT2D eigenvalue weighted by molar-refractivity contribution is -0.163. The van der Waals surface area contributed by atoms with Gasteiger partial charge in [0.2, 0.25) is 0 Å². The highest BCUT2D eigenvalue weighted by molar-refractivity contribution is 5.76. The fourth-order valence-corrected chi connectivity index (χ4v) is 3.16. The lowest BCUT2D eigenvalue weighted by Crippen LogP contribution is -2.52. The topological polar surface area (TPSA) is 92.9 Å². The number of nitrogens with zero attached hydrogens (tertiary/aromatic N) is 1. The van der Waals surface area contributed by atoms with Gasteiger partial charge >= 0.3 is 11.9 Å². The number of hydrogen-bond acceptors (Lipinski definition) is 5. The first-order chi connectivity index (χ1) is 11.6. The number of aliphatic carboxylic acids is 1. The molecule has 6 nitrogen and oxygen atoms in total. The van der Waals surface area contributed by atoms with E-state index in [0.717, 1.165) is 5.56 Å². The zero-order valence-corrected chi connectivity index (χ0v) is 15.4. The molecule has 25 heavy (non-hydrogen) atoms. The lowest BCUT2D eigenvalue weighted by Gasteiger charge is -2.40. The number of carbonyl (C=O) groups is 2. The van der Waals surface area contributed by atoms with Crippen LogP contribution in [0.3, 0.4) is 0 Å². The van der Waals surface area contributed by atoms with Crippen molar-refractivity contribution in [1.29, 1.82) is 0 Å².